The number of hydrogen-bond acceptors (Lipinski definition) is 2. The van der Waals surface area contributed by atoms with E-state index >= 15 is 0 Å². The molecule has 140 valence electrons. The molecular weight excluding hydrogens is 326 g/mol. The molecule has 0 unspecified atom stereocenters. The SMILES string of the molecule is O=C(Cc1cc[nH]c1)N1CCN(C(=O)C23CC4CC(CC(C4)C2)C3)CC1. The van der Waals surface area contributed by atoms with Crippen LogP contribution in [-0.4, -0.2) is 52.8 Å². The van der Waals surface area contributed by atoms with E-state index in [1.807, 2.05) is 23.4 Å². The molecule has 1 saturated heterocycles. The lowest BCUT2D eigenvalue weighted by Crippen LogP contribution is -2.58. The van der Waals surface area contributed by atoms with Gasteiger partial charge in [0.05, 0.1) is 11.8 Å². The molecule has 0 spiro atoms. The predicted octanol–water partition coefficient (Wildman–Crippen LogP) is 2.44. The minimum absolute atomic E-state index is 0.0496. The monoisotopic (exact) mass is 355 g/mol. The molecule has 2 heterocycles. The topological polar surface area (TPSA) is 56.4 Å². The minimum atomic E-state index is -0.0496. The van der Waals surface area contributed by atoms with Crippen LogP contribution in [0.5, 0.6) is 0 Å². The summed E-state index contributed by atoms with van der Waals surface area (Å²) in [6.07, 6.45) is 11.7. The fourth-order valence-electron chi connectivity index (χ4n) is 6.62. The van der Waals surface area contributed by atoms with Crippen LogP contribution in [0, 0.1) is 23.2 Å². The van der Waals surface area contributed by atoms with Crippen LogP contribution < -0.4 is 0 Å². The van der Waals surface area contributed by atoms with Crippen molar-refractivity contribution in [1.82, 2.24) is 14.8 Å². The fraction of sp³-hybridized carbons (Fsp3) is 0.714. The summed E-state index contributed by atoms with van der Waals surface area (Å²) in [4.78, 5) is 32.9. The first-order chi connectivity index (χ1) is 12.6. The molecule has 2 amide bonds. The van der Waals surface area contributed by atoms with Gasteiger partial charge in [0.15, 0.2) is 0 Å². The maximum atomic E-state index is 13.4. The number of carbonyl (C=O) groups is 2. The van der Waals surface area contributed by atoms with Gasteiger partial charge in [-0.15, -0.1) is 0 Å². The van der Waals surface area contributed by atoms with E-state index < -0.39 is 0 Å². The molecule has 26 heavy (non-hydrogen) atoms. The van der Waals surface area contributed by atoms with Crippen LogP contribution in [0.25, 0.3) is 0 Å². The zero-order valence-electron chi connectivity index (χ0n) is 15.5. The number of nitrogens with one attached hydrogen (secondary N) is 1. The standard InChI is InChI=1S/C21H29N3O2/c25-19(10-15-1-2-22-14-15)23-3-5-24(6-4-23)20(26)21-11-16-7-17(12-21)9-18(8-16)13-21/h1-2,14,16-18,22H,3-13H2. The van der Waals surface area contributed by atoms with E-state index in [0.29, 0.717) is 38.5 Å². The summed E-state index contributed by atoms with van der Waals surface area (Å²) >= 11 is 0. The summed E-state index contributed by atoms with van der Waals surface area (Å²) in [5.41, 5.74) is 0.980. The van der Waals surface area contributed by atoms with Gasteiger partial charge in [0, 0.05) is 38.6 Å². The molecule has 4 saturated carbocycles. The van der Waals surface area contributed by atoms with E-state index in [1.54, 1.807) is 0 Å². The van der Waals surface area contributed by atoms with Crippen molar-refractivity contribution in [3.05, 3.63) is 24.0 Å². The number of nitrogens with zero attached hydrogens (tertiary/aromatic N) is 2. The Morgan fingerprint density at radius 2 is 1.54 bits per heavy atom. The molecule has 6 rings (SSSR count). The van der Waals surface area contributed by atoms with Crippen LogP contribution in [0.1, 0.15) is 44.1 Å². The zero-order chi connectivity index (χ0) is 17.7. The quantitative estimate of drug-likeness (QED) is 0.905. The predicted molar refractivity (Wildman–Crippen MR) is 98.3 cm³/mol. The first-order valence-electron chi connectivity index (χ1n) is 10.3. The Morgan fingerprint density at radius 1 is 0.962 bits per heavy atom. The molecule has 5 heteroatoms. The summed E-state index contributed by atoms with van der Waals surface area (Å²) in [5, 5.41) is 0. The number of carbonyl (C=O) groups excluding carboxylic acids is 2. The normalized spacial score (nSPS) is 35.8. The molecule has 4 aliphatic carbocycles. The van der Waals surface area contributed by atoms with Crippen LogP contribution in [0.15, 0.2) is 18.5 Å². The number of aromatic amines is 1. The molecule has 4 bridgehead atoms. The van der Waals surface area contributed by atoms with Crippen LogP contribution in [0.4, 0.5) is 0 Å². The Morgan fingerprint density at radius 3 is 2.08 bits per heavy atom. The van der Waals surface area contributed by atoms with E-state index in [-0.39, 0.29) is 11.3 Å². The summed E-state index contributed by atoms with van der Waals surface area (Å²) in [5.74, 6) is 2.99. The van der Waals surface area contributed by atoms with Crippen molar-refractivity contribution < 1.29 is 9.59 Å². The van der Waals surface area contributed by atoms with Gasteiger partial charge in [-0.25, -0.2) is 0 Å². The van der Waals surface area contributed by atoms with Gasteiger partial charge in [-0.1, -0.05) is 0 Å². The maximum absolute atomic E-state index is 13.4. The molecule has 1 aromatic heterocycles. The van der Waals surface area contributed by atoms with Crippen molar-refractivity contribution in [3.63, 3.8) is 0 Å². The van der Waals surface area contributed by atoms with Crippen LogP contribution in [0.3, 0.4) is 0 Å². The van der Waals surface area contributed by atoms with E-state index in [4.69, 9.17) is 0 Å². The smallest absolute Gasteiger partial charge is 0.228 e. The third-order valence-corrected chi connectivity index (χ3v) is 7.43. The van der Waals surface area contributed by atoms with Gasteiger partial charge in [-0.3, -0.25) is 9.59 Å². The van der Waals surface area contributed by atoms with Gasteiger partial charge in [0.25, 0.3) is 0 Å². The van der Waals surface area contributed by atoms with Crippen molar-refractivity contribution in [2.24, 2.45) is 23.2 Å². The Bertz CT molecular complexity index is 653. The van der Waals surface area contributed by atoms with Crippen molar-refractivity contribution in [1.29, 1.82) is 0 Å². The average molecular weight is 355 g/mol. The molecule has 1 aromatic rings. The first kappa shape index (κ1) is 16.4. The van der Waals surface area contributed by atoms with Crippen LogP contribution in [-0.2, 0) is 16.0 Å². The Hall–Kier alpha value is -1.78. The third-order valence-electron chi connectivity index (χ3n) is 7.43. The van der Waals surface area contributed by atoms with Gasteiger partial charge in [0.1, 0.15) is 0 Å². The summed E-state index contributed by atoms with van der Waals surface area (Å²) in [6.45, 7) is 2.78. The zero-order valence-corrected chi connectivity index (χ0v) is 15.5. The second-order valence-corrected chi connectivity index (χ2v) is 9.27. The second-order valence-electron chi connectivity index (χ2n) is 9.27. The van der Waals surface area contributed by atoms with E-state index in [2.05, 4.69) is 9.88 Å². The number of aromatic nitrogens is 1. The van der Waals surface area contributed by atoms with Crippen molar-refractivity contribution in [3.8, 4) is 0 Å². The number of rotatable bonds is 3. The lowest BCUT2D eigenvalue weighted by atomic mass is 9.49. The molecule has 0 atom stereocenters. The molecule has 1 N–H and O–H groups in total. The number of hydrogen-bond donors (Lipinski definition) is 1. The highest BCUT2D eigenvalue weighted by molar-refractivity contribution is 5.84. The van der Waals surface area contributed by atoms with Gasteiger partial charge < -0.3 is 14.8 Å². The molecule has 1 aliphatic heterocycles. The highest BCUT2D eigenvalue weighted by Crippen LogP contribution is 2.60. The second kappa shape index (κ2) is 6.14. The van der Waals surface area contributed by atoms with Gasteiger partial charge in [-0.05, 0) is 67.9 Å². The Balaban J connectivity index is 1.20. The highest BCUT2D eigenvalue weighted by atomic mass is 16.2. The van der Waals surface area contributed by atoms with Crippen LogP contribution in [0.2, 0.25) is 0 Å². The van der Waals surface area contributed by atoms with Gasteiger partial charge in [0.2, 0.25) is 11.8 Å². The molecule has 0 aromatic carbocycles. The van der Waals surface area contributed by atoms with Crippen molar-refractivity contribution in [2.75, 3.05) is 26.2 Å². The van der Waals surface area contributed by atoms with E-state index in [9.17, 15) is 9.59 Å². The van der Waals surface area contributed by atoms with Gasteiger partial charge >= 0.3 is 0 Å². The molecule has 0 radical (unpaired) electrons. The number of piperazine rings is 1. The van der Waals surface area contributed by atoms with Crippen molar-refractivity contribution in [2.45, 2.75) is 44.9 Å². The van der Waals surface area contributed by atoms with E-state index in [1.165, 1.54) is 19.3 Å². The lowest BCUT2D eigenvalue weighted by molar-refractivity contribution is -0.160. The van der Waals surface area contributed by atoms with Crippen molar-refractivity contribution >= 4 is 11.8 Å². The average Bonchev–Trinajstić information content (AvgIpc) is 3.13. The third kappa shape index (κ3) is 2.76. The highest BCUT2D eigenvalue weighted by Gasteiger charge is 2.55. The summed E-state index contributed by atoms with van der Waals surface area (Å²) in [6, 6.07) is 1.95. The van der Waals surface area contributed by atoms with E-state index in [0.717, 1.165) is 42.6 Å². The Labute approximate surface area is 155 Å². The largest absolute Gasteiger partial charge is 0.367 e. The number of amides is 2. The molecule has 5 aliphatic rings. The summed E-state index contributed by atoms with van der Waals surface area (Å²) in [7, 11) is 0. The molecular formula is C21H29N3O2. The maximum Gasteiger partial charge on any atom is 0.228 e. The fourth-order valence-corrected chi connectivity index (χ4v) is 6.62. The minimum Gasteiger partial charge on any atom is -0.367 e. The Kier molecular flexibility index (Phi) is 3.87. The molecule has 5 nitrogen and oxygen atoms in total. The van der Waals surface area contributed by atoms with Gasteiger partial charge in [-0.2, -0.15) is 0 Å². The van der Waals surface area contributed by atoms with Crippen LogP contribution >= 0.6 is 0 Å². The summed E-state index contributed by atoms with van der Waals surface area (Å²) < 4.78 is 0. The molecule has 5 fully saturated rings. The first-order valence-corrected chi connectivity index (χ1v) is 10.3. The lowest BCUT2D eigenvalue weighted by Gasteiger charge is -2.57. The number of H-pyrrole nitrogens is 1.